The molecule has 1 saturated carbocycles. The van der Waals surface area contributed by atoms with Gasteiger partial charge in [-0.3, -0.25) is 4.79 Å². The fourth-order valence-electron chi connectivity index (χ4n) is 3.80. The monoisotopic (exact) mass is 437 g/mol. The molecule has 0 bridgehead atoms. The summed E-state index contributed by atoms with van der Waals surface area (Å²) in [4.78, 5) is 26.0. The Hall–Kier alpha value is -2.51. The standard InChI is InChI=1S/C24H31N5OS/c1-15-6-7-16(21(30)27-18-8-9-18)10-19(15)20-11-17-12-25-23(28-22(17)31-20)26-13-24(2,3)14-29(4)5/h6-7,10-12,18H,8-9,13-14H2,1-5H3,(H,27,30)(H,25,26,28). The first-order valence-electron chi connectivity index (χ1n) is 10.8. The average Bonchev–Trinajstić information content (AvgIpc) is 3.41. The van der Waals surface area contributed by atoms with Crippen LogP contribution >= 0.6 is 11.3 Å². The molecule has 0 unspecified atom stereocenters. The first kappa shape index (κ1) is 21.7. The van der Waals surface area contributed by atoms with Crippen LogP contribution in [0.25, 0.3) is 20.7 Å². The molecule has 4 rings (SSSR count). The summed E-state index contributed by atoms with van der Waals surface area (Å²) in [5.74, 6) is 0.665. The predicted octanol–water partition coefficient (Wildman–Crippen LogP) is 4.56. The van der Waals surface area contributed by atoms with E-state index in [2.05, 4.69) is 61.5 Å². The molecule has 164 valence electrons. The molecular formula is C24H31N5OS. The number of carbonyl (C=O) groups excluding carboxylic acids is 1. The predicted molar refractivity (Wildman–Crippen MR) is 129 cm³/mol. The van der Waals surface area contributed by atoms with Gasteiger partial charge in [-0.2, -0.15) is 0 Å². The van der Waals surface area contributed by atoms with Crippen LogP contribution in [0.15, 0.2) is 30.5 Å². The number of carbonyl (C=O) groups is 1. The zero-order valence-corrected chi connectivity index (χ0v) is 19.8. The number of hydrogen-bond acceptors (Lipinski definition) is 6. The van der Waals surface area contributed by atoms with Crippen molar-refractivity contribution in [1.29, 1.82) is 0 Å². The molecule has 2 N–H and O–H groups in total. The van der Waals surface area contributed by atoms with Crippen LogP contribution in [0, 0.1) is 12.3 Å². The zero-order chi connectivity index (χ0) is 22.2. The van der Waals surface area contributed by atoms with Gasteiger partial charge < -0.3 is 15.5 Å². The molecule has 2 aromatic heterocycles. The second-order valence-electron chi connectivity index (χ2n) is 9.60. The van der Waals surface area contributed by atoms with Crippen LogP contribution in [-0.4, -0.2) is 54.0 Å². The van der Waals surface area contributed by atoms with Crippen molar-refractivity contribution < 1.29 is 4.79 Å². The van der Waals surface area contributed by atoms with E-state index in [0.29, 0.717) is 17.6 Å². The molecule has 0 atom stereocenters. The lowest BCUT2D eigenvalue weighted by atomic mass is 9.93. The van der Waals surface area contributed by atoms with E-state index in [-0.39, 0.29) is 11.3 Å². The van der Waals surface area contributed by atoms with Crippen LogP contribution in [0.4, 0.5) is 5.95 Å². The smallest absolute Gasteiger partial charge is 0.251 e. The van der Waals surface area contributed by atoms with Crippen molar-refractivity contribution in [2.75, 3.05) is 32.5 Å². The number of benzene rings is 1. The Bertz CT molecular complexity index is 1100. The summed E-state index contributed by atoms with van der Waals surface area (Å²) in [7, 11) is 4.17. The SMILES string of the molecule is Cc1ccc(C(=O)NC2CC2)cc1-c1cc2cnc(NCC(C)(C)CN(C)C)nc2s1. The third kappa shape index (κ3) is 5.40. The Morgan fingerprint density at radius 1 is 1.26 bits per heavy atom. The number of nitrogens with one attached hydrogen (secondary N) is 2. The molecule has 0 aliphatic heterocycles. The van der Waals surface area contributed by atoms with Gasteiger partial charge in [0, 0.05) is 41.2 Å². The fourth-order valence-corrected chi connectivity index (χ4v) is 4.89. The largest absolute Gasteiger partial charge is 0.354 e. The fraction of sp³-hybridized carbons (Fsp3) is 0.458. The van der Waals surface area contributed by atoms with Crippen molar-refractivity contribution in [2.24, 2.45) is 5.41 Å². The van der Waals surface area contributed by atoms with Crippen molar-refractivity contribution in [3.05, 3.63) is 41.6 Å². The molecule has 6 nitrogen and oxygen atoms in total. The third-order valence-electron chi connectivity index (χ3n) is 5.42. The highest BCUT2D eigenvalue weighted by Gasteiger charge is 2.24. The average molecular weight is 438 g/mol. The van der Waals surface area contributed by atoms with Gasteiger partial charge in [0.05, 0.1) is 0 Å². The number of amides is 1. The van der Waals surface area contributed by atoms with Gasteiger partial charge in [-0.15, -0.1) is 11.3 Å². The Kier molecular flexibility index (Phi) is 5.99. The molecule has 2 heterocycles. The summed E-state index contributed by atoms with van der Waals surface area (Å²) in [6, 6.07) is 8.39. The molecule has 0 spiro atoms. The molecule has 0 radical (unpaired) electrons. The minimum absolute atomic E-state index is 0.0106. The highest BCUT2D eigenvalue weighted by atomic mass is 32.1. The van der Waals surface area contributed by atoms with Gasteiger partial charge in [-0.1, -0.05) is 19.9 Å². The minimum atomic E-state index is 0.0106. The van der Waals surface area contributed by atoms with Gasteiger partial charge in [-0.05, 0) is 68.6 Å². The van der Waals surface area contributed by atoms with Crippen LogP contribution in [0.1, 0.15) is 42.6 Å². The Morgan fingerprint density at radius 3 is 2.74 bits per heavy atom. The number of fused-ring (bicyclic) bond motifs is 1. The minimum Gasteiger partial charge on any atom is -0.354 e. The topological polar surface area (TPSA) is 70.2 Å². The van der Waals surface area contributed by atoms with Gasteiger partial charge in [-0.25, -0.2) is 9.97 Å². The molecule has 1 fully saturated rings. The molecule has 7 heteroatoms. The highest BCUT2D eigenvalue weighted by Crippen LogP contribution is 2.35. The summed E-state index contributed by atoms with van der Waals surface area (Å²) < 4.78 is 0. The van der Waals surface area contributed by atoms with Gasteiger partial charge in [0.25, 0.3) is 5.91 Å². The first-order chi connectivity index (χ1) is 14.7. The molecule has 3 aromatic rings. The molecule has 1 amide bonds. The van der Waals surface area contributed by atoms with E-state index in [1.807, 2.05) is 24.4 Å². The number of thiophene rings is 1. The number of aromatic nitrogens is 2. The van der Waals surface area contributed by atoms with Gasteiger partial charge in [0.15, 0.2) is 0 Å². The summed E-state index contributed by atoms with van der Waals surface area (Å²) in [5, 5.41) is 7.49. The maximum atomic E-state index is 12.5. The number of nitrogens with zero attached hydrogens (tertiary/aromatic N) is 3. The quantitative estimate of drug-likeness (QED) is 0.541. The maximum Gasteiger partial charge on any atom is 0.251 e. The van der Waals surface area contributed by atoms with E-state index in [1.54, 1.807) is 11.3 Å². The molecule has 1 aromatic carbocycles. The molecule has 1 aliphatic carbocycles. The van der Waals surface area contributed by atoms with Crippen LogP contribution < -0.4 is 10.6 Å². The molecule has 31 heavy (non-hydrogen) atoms. The van der Waals surface area contributed by atoms with E-state index in [0.717, 1.165) is 52.2 Å². The van der Waals surface area contributed by atoms with Crippen molar-refractivity contribution in [3.8, 4) is 10.4 Å². The van der Waals surface area contributed by atoms with Crippen molar-refractivity contribution in [2.45, 2.75) is 39.7 Å². The molecule has 0 saturated heterocycles. The van der Waals surface area contributed by atoms with Crippen molar-refractivity contribution >= 4 is 33.4 Å². The van der Waals surface area contributed by atoms with Crippen molar-refractivity contribution in [1.82, 2.24) is 20.2 Å². The first-order valence-corrected chi connectivity index (χ1v) is 11.6. The summed E-state index contributed by atoms with van der Waals surface area (Å²) in [6.45, 7) is 8.32. The van der Waals surface area contributed by atoms with Gasteiger partial charge >= 0.3 is 0 Å². The van der Waals surface area contributed by atoms with Crippen molar-refractivity contribution in [3.63, 3.8) is 0 Å². The van der Waals surface area contributed by atoms with Crippen LogP contribution in [0.5, 0.6) is 0 Å². The lowest BCUT2D eigenvalue weighted by molar-refractivity contribution is 0.0951. The zero-order valence-electron chi connectivity index (χ0n) is 19.0. The van der Waals surface area contributed by atoms with Gasteiger partial charge in [0.1, 0.15) is 4.83 Å². The van der Waals surface area contributed by atoms with Crippen LogP contribution in [-0.2, 0) is 0 Å². The number of anilines is 1. The number of hydrogen-bond donors (Lipinski definition) is 2. The number of aryl methyl sites for hydroxylation is 1. The molecule has 1 aliphatic rings. The van der Waals surface area contributed by atoms with E-state index in [9.17, 15) is 4.79 Å². The van der Waals surface area contributed by atoms with E-state index in [4.69, 9.17) is 4.98 Å². The van der Waals surface area contributed by atoms with Gasteiger partial charge in [0.2, 0.25) is 5.95 Å². The van der Waals surface area contributed by atoms with Crippen LogP contribution in [0.2, 0.25) is 0 Å². The Morgan fingerprint density at radius 2 is 2.03 bits per heavy atom. The molecular weight excluding hydrogens is 406 g/mol. The normalized spacial score (nSPS) is 14.3. The van der Waals surface area contributed by atoms with Crippen LogP contribution in [0.3, 0.4) is 0 Å². The van der Waals surface area contributed by atoms with E-state index in [1.165, 1.54) is 0 Å². The number of rotatable bonds is 8. The lowest BCUT2D eigenvalue weighted by Crippen LogP contribution is -2.34. The maximum absolute atomic E-state index is 12.5. The summed E-state index contributed by atoms with van der Waals surface area (Å²) >= 11 is 1.64. The second kappa shape index (κ2) is 8.55. The highest BCUT2D eigenvalue weighted by molar-refractivity contribution is 7.21. The Labute approximate surface area is 188 Å². The lowest BCUT2D eigenvalue weighted by Gasteiger charge is -2.28. The Balaban J connectivity index is 1.55. The summed E-state index contributed by atoms with van der Waals surface area (Å²) in [5.41, 5.74) is 3.04. The second-order valence-corrected chi connectivity index (χ2v) is 10.6. The summed E-state index contributed by atoms with van der Waals surface area (Å²) in [6.07, 6.45) is 4.05. The van der Waals surface area contributed by atoms with E-state index < -0.39 is 0 Å². The van der Waals surface area contributed by atoms with E-state index >= 15 is 0 Å². The third-order valence-corrected chi connectivity index (χ3v) is 6.50.